The van der Waals surface area contributed by atoms with Gasteiger partial charge in [0, 0.05) is 6.54 Å². The van der Waals surface area contributed by atoms with E-state index in [1.165, 1.54) is 0 Å². The van der Waals surface area contributed by atoms with Gasteiger partial charge in [0.15, 0.2) is 0 Å². The molecule has 0 aromatic rings. The van der Waals surface area contributed by atoms with Gasteiger partial charge in [-0.05, 0) is 5.92 Å². The predicted octanol–water partition coefficient (Wildman–Crippen LogP) is -0.300. The monoisotopic (exact) mass is 190 g/mol. The van der Waals surface area contributed by atoms with E-state index >= 15 is 0 Å². The molecule has 12 heavy (non-hydrogen) atoms. The molecule has 0 aromatic carbocycles. The highest BCUT2D eigenvalue weighted by Crippen LogP contribution is 1.88. The lowest BCUT2D eigenvalue weighted by Crippen LogP contribution is -2.38. The third kappa shape index (κ3) is 6.16. The van der Waals surface area contributed by atoms with Gasteiger partial charge in [-0.2, -0.15) is 13.1 Å². The van der Waals surface area contributed by atoms with Crippen LogP contribution < -0.4 is 9.44 Å². The summed E-state index contributed by atoms with van der Waals surface area (Å²) in [5.74, 6) is 2.47. The Morgan fingerprint density at radius 1 is 1.42 bits per heavy atom. The van der Waals surface area contributed by atoms with Gasteiger partial charge in [-0.25, -0.2) is 4.72 Å². The van der Waals surface area contributed by atoms with Crippen molar-refractivity contribution >= 4 is 10.2 Å². The standard InChI is InChI=1S/C7H14N2O2S/c1-4-5-8-12(10,11)9-6-7(2)3/h1,7-9H,5-6H2,2-3H3. The van der Waals surface area contributed by atoms with Gasteiger partial charge in [0.05, 0.1) is 6.54 Å². The highest BCUT2D eigenvalue weighted by atomic mass is 32.2. The molecule has 0 saturated carbocycles. The quantitative estimate of drug-likeness (QED) is 0.585. The molecule has 4 nitrogen and oxygen atoms in total. The number of nitrogens with one attached hydrogen (secondary N) is 2. The zero-order valence-corrected chi connectivity index (χ0v) is 8.11. The average molecular weight is 190 g/mol. The fraction of sp³-hybridized carbons (Fsp3) is 0.714. The van der Waals surface area contributed by atoms with Crippen molar-refractivity contribution in [3.8, 4) is 12.3 Å². The molecular weight excluding hydrogens is 176 g/mol. The molecule has 0 rings (SSSR count). The lowest BCUT2D eigenvalue weighted by molar-refractivity contribution is 0.551. The smallest absolute Gasteiger partial charge is 0.202 e. The summed E-state index contributed by atoms with van der Waals surface area (Å²) in [5.41, 5.74) is 0. The molecule has 5 heteroatoms. The molecule has 0 saturated heterocycles. The highest BCUT2D eigenvalue weighted by Gasteiger charge is 2.07. The van der Waals surface area contributed by atoms with Crippen molar-refractivity contribution in [2.24, 2.45) is 5.92 Å². The Kier molecular flexibility index (Phi) is 4.90. The first-order valence-corrected chi connectivity index (χ1v) is 5.14. The summed E-state index contributed by atoms with van der Waals surface area (Å²) in [5, 5.41) is 0. The van der Waals surface area contributed by atoms with Crippen LogP contribution in [0.4, 0.5) is 0 Å². The molecule has 0 aliphatic heterocycles. The van der Waals surface area contributed by atoms with Crippen molar-refractivity contribution < 1.29 is 8.42 Å². The molecule has 0 fully saturated rings. The van der Waals surface area contributed by atoms with E-state index in [1.807, 2.05) is 13.8 Å². The Labute approximate surface area is 73.9 Å². The van der Waals surface area contributed by atoms with Crippen LogP contribution in [0.25, 0.3) is 0 Å². The summed E-state index contributed by atoms with van der Waals surface area (Å²) in [6.45, 7) is 4.28. The van der Waals surface area contributed by atoms with Gasteiger partial charge in [0.25, 0.3) is 10.2 Å². The van der Waals surface area contributed by atoms with Crippen LogP contribution in [0.2, 0.25) is 0 Å². The number of rotatable bonds is 5. The van der Waals surface area contributed by atoms with Crippen molar-refractivity contribution in [3.63, 3.8) is 0 Å². The number of terminal acetylenes is 1. The minimum atomic E-state index is -3.38. The minimum Gasteiger partial charge on any atom is -0.202 e. The maximum atomic E-state index is 11.0. The fourth-order valence-electron chi connectivity index (χ4n) is 0.464. The summed E-state index contributed by atoms with van der Waals surface area (Å²) < 4.78 is 26.5. The first-order valence-electron chi connectivity index (χ1n) is 3.65. The molecule has 0 aliphatic rings. The van der Waals surface area contributed by atoms with Crippen LogP contribution in [-0.2, 0) is 10.2 Å². The van der Waals surface area contributed by atoms with Crippen molar-refractivity contribution in [3.05, 3.63) is 0 Å². The molecule has 0 spiro atoms. The summed E-state index contributed by atoms with van der Waals surface area (Å²) in [7, 11) is -3.38. The fourth-order valence-corrected chi connectivity index (χ4v) is 1.39. The van der Waals surface area contributed by atoms with E-state index in [2.05, 4.69) is 15.4 Å². The Bertz CT molecular complexity index is 251. The van der Waals surface area contributed by atoms with E-state index in [0.29, 0.717) is 6.54 Å². The van der Waals surface area contributed by atoms with Crippen LogP contribution in [0.5, 0.6) is 0 Å². The van der Waals surface area contributed by atoms with Crippen LogP contribution in [-0.4, -0.2) is 21.5 Å². The summed E-state index contributed by atoms with van der Waals surface area (Å²) in [6, 6.07) is 0. The van der Waals surface area contributed by atoms with Crippen molar-refractivity contribution in [1.82, 2.24) is 9.44 Å². The topological polar surface area (TPSA) is 58.2 Å². The SMILES string of the molecule is C#CCNS(=O)(=O)NCC(C)C. The number of hydrogen-bond acceptors (Lipinski definition) is 2. The van der Waals surface area contributed by atoms with Gasteiger partial charge < -0.3 is 0 Å². The molecule has 0 heterocycles. The van der Waals surface area contributed by atoms with Gasteiger partial charge in [0.1, 0.15) is 0 Å². The molecule has 0 aromatic heterocycles. The molecule has 0 aliphatic carbocycles. The van der Waals surface area contributed by atoms with Gasteiger partial charge in [-0.1, -0.05) is 19.8 Å². The average Bonchev–Trinajstić information content (AvgIpc) is 1.98. The zero-order chi connectivity index (χ0) is 9.61. The molecule has 70 valence electrons. The molecule has 0 bridgehead atoms. The molecule has 0 atom stereocenters. The van der Waals surface area contributed by atoms with Crippen LogP contribution in [0, 0.1) is 18.3 Å². The molecule has 0 radical (unpaired) electrons. The summed E-state index contributed by atoms with van der Waals surface area (Å²) in [6.07, 6.45) is 4.89. The van der Waals surface area contributed by atoms with E-state index in [1.54, 1.807) is 0 Å². The molecule has 0 amide bonds. The Morgan fingerprint density at radius 2 is 2.00 bits per heavy atom. The zero-order valence-electron chi connectivity index (χ0n) is 7.29. The first kappa shape index (κ1) is 11.4. The third-order valence-electron chi connectivity index (χ3n) is 1.05. The van der Waals surface area contributed by atoms with Gasteiger partial charge in [0.2, 0.25) is 0 Å². The van der Waals surface area contributed by atoms with E-state index in [0.717, 1.165) is 0 Å². The summed E-state index contributed by atoms with van der Waals surface area (Å²) in [4.78, 5) is 0. The van der Waals surface area contributed by atoms with Crippen LogP contribution in [0.3, 0.4) is 0 Å². The van der Waals surface area contributed by atoms with Gasteiger partial charge >= 0.3 is 0 Å². The second kappa shape index (κ2) is 5.14. The van der Waals surface area contributed by atoms with E-state index in [9.17, 15) is 8.42 Å². The van der Waals surface area contributed by atoms with Crippen molar-refractivity contribution in [2.45, 2.75) is 13.8 Å². The highest BCUT2D eigenvalue weighted by molar-refractivity contribution is 7.87. The van der Waals surface area contributed by atoms with Crippen LogP contribution in [0.15, 0.2) is 0 Å². The lowest BCUT2D eigenvalue weighted by Gasteiger charge is -2.07. The molecular formula is C7H14N2O2S. The van der Waals surface area contributed by atoms with Crippen LogP contribution >= 0.6 is 0 Å². The van der Waals surface area contributed by atoms with E-state index in [4.69, 9.17) is 6.42 Å². The maximum absolute atomic E-state index is 11.0. The van der Waals surface area contributed by atoms with E-state index < -0.39 is 10.2 Å². The number of hydrogen-bond donors (Lipinski definition) is 2. The first-order chi connectivity index (χ1) is 5.48. The van der Waals surface area contributed by atoms with E-state index in [-0.39, 0.29) is 12.5 Å². The van der Waals surface area contributed by atoms with Gasteiger partial charge in [-0.15, -0.1) is 6.42 Å². The van der Waals surface area contributed by atoms with Crippen molar-refractivity contribution in [1.29, 1.82) is 0 Å². The van der Waals surface area contributed by atoms with Crippen LogP contribution in [0.1, 0.15) is 13.8 Å². The second-order valence-corrected chi connectivity index (χ2v) is 4.36. The van der Waals surface area contributed by atoms with Gasteiger partial charge in [-0.3, -0.25) is 0 Å². The van der Waals surface area contributed by atoms with Crippen molar-refractivity contribution in [2.75, 3.05) is 13.1 Å². The second-order valence-electron chi connectivity index (χ2n) is 2.77. The largest absolute Gasteiger partial charge is 0.277 e. The third-order valence-corrected chi connectivity index (χ3v) is 2.12. The molecule has 0 unspecified atom stereocenters. The summed E-state index contributed by atoms with van der Waals surface area (Å²) >= 11 is 0. The molecule has 2 N–H and O–H groups in total. The Balaban J connectivity index is 3.83. The maximum Gasteiger partial charge on any atom is 0.277 e. The Morgan fingerprint density at radius 3 is 2.42 bits per heavy atom. The Hall–Kier alpha value is -0.570. The minimum absolute atomic E-state index is 0.0213. The lowest BCUT2D eigenvalue weighted by atomic mass is 10.2. The predicted molar refractivity (Wildman–Crippen MR) is 48.6 cm³/mol. The normalized spacial score (nSPS) is 11.5.